The van der Waals surface area contributed by atoms with Gasteiger partial charge < -0.3 is 0 Å². The third-order valence-electron chi connectivity index (χ3n) is 3.37. The molecule has 0 saturated carbocycles. The molecule has 0 aliphatic carbocycles. The van der Waals surface area contributed by atoms with Gasteiger partial charge in [0.1, 0.15) is 5.82 Å². The normalized spacial score (nSPS) is 11.3. The Morgan fingerprint density at radius 3 is 2.12 bits per heavy atom. The van der Waals surface area contributed by atoms with E-state index in [4.69, 9.17) is 34.8 Å². The van der Waals surface area contributed by atoms with Gasteiger partial charge in [0, 0.05) is 32.4 Å². The lowest BCUT2D eigenvalue weighted by Crippen LogP contribution is -2.13. The number of halogens is 3. The van der Waals surface area contributed by atoms with E-state index in [0.29, 0.717) is 15.1 Å². The summed E-state index contributed by atoms with van der Waals surface area (Å²) in [4.78, 5) is 4.24. The summed E-state index contributed by atoms with van der Waals surface area (Å²) >= 11 is 17.8. The van der Waals surface area contributed by atoms with Gasteiger partial charge in [-0.3, -0.25) is 4.72 Å². The van der Waals surface area contributed by atoms with Gasteiger partial charge in [-0.25, -0.2) is 13.4 Å². The van der Waals surface area contributed by atoms with Crippen molar-refractivity contribution in [2.45, 2.75) is 4.90 Å². The number of aromatic nitrogens is 1. The highest BCUT2D eigenvalue weighted by molar-refractivity contribution is 7.92. The van der Waals surface area contributed by atoms with Crippen molar-refractivity contribution in [3.8, 4) is 11.1 Å². The number of hydrogen-bond donors (Lipinski definition) is 1. The zero-order valence-corrected chi connectivity index (χ0v) is 15.7. The van der Waals surface area contributed by atoms with Gasteiger partial charge in [0.2, 0.25) is 0 Å². The quantitative estimate of drug-likeness (QED) is 0.613. The minimum atomic E-state index is -3.74. The topological polar surface area (TPSA) is 59.1 Å². The standard InChI is InChI=1S/C17H11Cl3N2O2S/c18-12-2-5-14(6-3-12)25(23,24)22-17-8-1-11(10-21-17)15-7-4-13(19)9-16(15)20/h1-10H,(H,21,22). The summed E-state index contributed by atoms with van der Waals surface area (Å²) in [6, 6.07) is 14.3. The number of rotatable bonds is 4. The maximum atomic E-state index is 12.3. The third-order valence-corrected chi connectivity index (χ3v) is 5.54. The number of hydrogen-bond acceptors (Lipinski definition) is 3. The number of sulfonamides is 1. The lowest BCUT2D eigenvalue weighted by Gasteiger charge is -2.09. The van der Waals surface area contributed by atoms with Gasteiger partial charge in [-0.05, 0) is 48.5 Å². The Kier molecular flexibility index (Phi) is 5.20. The fourth-order valence-corrected chi connectivity index (χ4v) is 3.80. The maximum Gasteiger partial charge on any atom is 0.263 e. The molecule has 0 amide bonds. The van der Waals surface area contributed by atoms with Crippen molar-refractivity contribution < 1.29 is 8.42 Å². The van der Waals surface area contributed by atoms with Crippen molar-refractivity contribution in [1.82, 2.24) is 4.98 Å². The van der Waals surface area contributed by atoms with Crippen LogP contribution in [0.25, 0.3) is 11.1 Å². The Morgan fingerprint density at radius 1 is 0.840 bits per heavy atom. The molecule has 4 nitrogen and oxygen atoms in total. The first-order valence-corrected chi connectivity index (χ1v) is 9.67. The number of nitrogens with zero attached hydrogens (tertiary/aromatic N) is 1. The van der Waals surface area contributed by atoms with E-state index in [9.17, 15) is 8.42 Å². The second-order valence-electron chi connectivity index (χ2n) is 5.12. The van der Waals surface area contributed by atoms with E-state index >= 15 is 0 Å². The molecule has 1 heterocycles. The molecule has 25 heavy (non-hydrogen) atoms. The van der Waals surface area contributed by atoms with Gasteiger partial charge >= 0.3 is 0 Å². The Morgan fingerprint density at radius 2 is 1.52 bits per heavy atom. The van der Waals surface area contributed by atoms with E-state index in [0.717, 1.165) is 11.1 Å². The molecule has 0 atom stereocenters. The molecule has 0 aliphatic heterocycles. The summed E-state index contributed by atoms with van der Waals surface area (Å²) < 4.78 is 27.1. The maximum absolute atomic E-state index is 12.3. The van der Waals surface area contributed by atoms with Crippen LogP contribution in [-0.2, 0) is 10.0 Å². The molecular weight excluding hydrogens is 403 g/mol. The summed E-state index contributed by atoms with van der Waals surface area (Å²) in [6.45, 7) is 0. The number of pyridine rings is 1. The van der Waals surface area contributed by atoms with Crippen molar-refractivity contribution in [2.24, 2.45) is 0 Å². The second kappa shape index (κ2) is 7.22. The molecule has 0 radical (unpaired) electrons. The molecule has 0 saturated heterocycles. The molecule has 0 unspecified atom stereocenters. The predicted octanol–water partition coefficient (Wildman–Crippen LogP) is 5.51. The minimum absolute atomic E-state index is 0.100. The van der Waals surface area contributed by atoms with Crippen LogP contribution in [0.1, 0.15) is 0 Å². The molecule has 3 aromatic rings. The Labute approximate surface area is 160 Å². The van der Waals surface area contributed by atoms with E-state index in [-0.39, 0.29) is 10.7 Å². The van der Waals surface area contributed by atoms with Crippen molar-refractivity contribution in [1.29, 1.82) is 0 Å². The first kappa shape index (κ1) is 18.0. The monoisotopic (exact) mass is 412 g/mol. The Hall–Kier alpha value is -1.79. The second-order valence-corrected chi connectivity index (χ2v) is 8.08. The SMILES string of the molecule is O=S(=O)(Nc1ccc(-c2ccc(Cl)cc2Cl)cn1)c1ccc(Cl)cc1. The first-order valence-electron chi connectivity index (χ1n) is 7.05. The van der Waals surface area contributed by atoms with Gasteiger partial charge in [-0.2, -0.15) is 0 Å². The summed E-state index contributed by atoms with van der Waals surface area (Å²) in [6.07, 6.45) is 1.54. The molecular formula is C17H11Cl3N2O2S. The molecule has 128 valence electrons. The number of nitrogens with one attached hydrogen (secondary N) is 1. The predicted molar refractivity (Wildman–Crippen MR) is 102 cm³/mol. The summed E-state index contributed by atoms with van der Waals surface area (Å²) in [7, 11) is -3.74. The van der Waals surface area contributed by atoms with Crippen LogP contribution in [0, 0.1) is 0 Å². The Bertz CT molecular complexity index is 1010. The van der Waals surface area contributed by atoms with Gasteiger partial charge in [0.25, 0.3) is 10.0 Å². The van der Waals surface area contributed by atoms with Crippen molar-refractivity contribution >= 4 is 50.6 Å². The summed E-state index contributed by atoms with van der Waals surface area (Å²) in [5.74, 6) is 0.198. The first-order chi connectivity index (χ1) is 11.8. The van der Waals surface area contributed by atoms with Crippen LogP contribution in [0.15, 0.2) is 65.7 Å². The lowest BCUT2D eigenvalue weighted by molar-refractivity contribution is 0.601. The molecule has 0 spiro atoms. The molecule has 0 bridgehead atoms. The van der Waals surface area contributed by atoms with Crippen LogP contribution in [0.5, 0.6) is 0 Å². The average Bonchev–Trinajstić information content (AvgIpc) is 2.56. The smallest absolute Gasteiger partial charge is 0.263 e. The number of anilines is 1. The zero-order chi connectivity index (χ0) is 18.0. The van der Waals surface area contributed by atoms with Crippen molar-refractivity contribution in [2.75, 3.05) is 4.72 Å². The molecule has 2 aromatic carbocycles. The van der Waals surface area contributed by atoms with E-state index in [2.05, 4.69) is 9.71 Å². The molecule has 0 fully saturated rings. The van der Waals surface area contributed by atoms with Crippen LogP contribution in [-0.4, -0.2) is 13.4 Å². The minimum Gasteiger partial charge on any atom is -0.263 e. The van der Waals surface area contributed by atoms with Crippen LogP contribution >= 0.6 is 34.8 Å². The van der Waals surface area contributed by atoms with Gasteiger partial charge in [0.15, 0.2) is 0 Å². The van der Waals surface area contributed by atoms with Crippen LogP contribution in [0.4, 0.5) is 5.82 Å². The highest BCUT2D eigenvalue weighted by Gasteiger charge is 2.15. The number of benzene rings is 2. The highest BCUT2D eigenvalue weighted by Crippen LogP contribution is 2.30. The molecule has 0 aliphatic rings. The van der Waals surface area contributed by atoms with E-state index < -0.39 is 10.0 Å². The van der Waals surface area contributed by atoms with Crippen molar-refractivity contribution in [3.05, 3.63) is 75.9 Å². The molecule has 8 heteroatoms. The lowest BCUT2D eigenvalue weighted by atomic mass is 10.1. The van der Waals surface area contributed by atoms with Gasteiger partial charge in [-0.1, -0.05) is 40.9 Å². The summed E-state index contributed by atoms with van der Waals surface area (Å²) in [5.41, 5.74) is 1.50. The fraction of sp³-hybridized carbons (Fsp3) is 0. The van der Waals surface area contributed by atoms with Crippen LogP contribution in [0.2, 0.25) is 15.1 Å². The van der Waals surface area contributed by atoms with E-state index in [1.54, 1.807) is 30.3 Å². The van der Waals surface area contributed by atoms with Gasteiger partial charge in [-0.15, -0.1) is 0 Å². The van der Waals surface area contributed by atoms with Gasteiger partial charge in [0.05, 0.1) is 4.90 Å². The zero-order valence-electron chi connectivity index (χ0n) is 12.6. The summed E-state index contributed by atoms with van der Waals surface area (Å²) in [5, 5.41) is 1.49. The largest absolute Gasteiger partial charge is 0.263 e. The molecule has 1 aromatic heterocycles. The van der Waals surface area contributed by atoms with Crippen LogP contribution in [0.3, 0.4) is 0 Å². The van der Waals surface area contributed by atoms with Crippen LogP contribution < -0.4 is 4.72 Å². The highest BCUT2D eigenvalue weighted by atomic mass is 35.5. The third kappa shape index (κ3) is 4.25. The van der Waals surface area contributed by atoms with Crippen molar-refractivity contribution in [3.63, 3.8) is 0 Å². The molecule has 3 rings (SSSR count). The Balaban J connectivity index is 1.84. The fourth-order valence-electron chi connectivity index (χ4n) is 2.15. The average molecular weight is 414 g/mol. The van der Waals surface area contributed by atoms with E-state index in [1.165, 1.54) is 30.5 Å². The van der Waals surface area contributed by atoms with E-state index in [1.807, 2.05) is 0 Å². The molecule has 1 N–H and O–H groups in total.